The van der Waals surface area contributed by atoms with Crippen LogP contribution in [0, 0.1) is 10.1 Å². The van der Waals surface area contributed by atoms with Crippen molar-refractivity contribution in [3.8, 4) is 11.5 Å². The van der Waals surface area contributed by atoms with E-state index in [-0.39, 0.29) is 28.3 Å². The second-order valence-electron chi connectivity index (χ2n) is 8.16. The molecule has 40 heavy (non-hydrogen) atoms. The van der Waals surface area contributed by atoms with E-state index in [2.05, 4.69) is 15.8 Å². The Morgan fingerprint density at radius 3 is 2.17 bits per heavy atom. The van der Waals surface area contributed by atoms with E-state index in [9.17, 15) is 24.5 Å². The molecule has 0 aliphatic rings. The van der Waals surface area contributed by atoms with Crippen molar-refractivity contribution in [2.45, 2.75) is 0 Å². The van der Waals surface area contributed by atoms with Gasteiger partial charge in [-0.3, -0.25) is 19.7 Å². The van der Waals surface area contributed by atoms with Crippen molar-refractivity contribution in [2.75, 3.05) is 12.4 Å². The van der Waals surface area contributed by atoms with Crippen LogP contribution < -0.4 is 20.2 Å². The summed E-state index contributed by atoms with van der Waals surface area (Å²) in [4.78, 5) is 48.3. The van der Waals surface area contributed by atoms with Gasteiger partial charge in [0.1, 0.15) is 11.5 Å². The van der Waals surface area contributed by atoms with Crippen LogP contribution in [-0.2, 0) is 0 Å². The Kier molecular flexibility index (Phi) is 8.57. The number of hydrogen-bond donors (Lipinski definition) is 2. The molecule has 0 atom stereocenters. The van der Waals surface area contributed by atoms with Gasteiger partial charge in [-0.2, -0.15) is 5.10 Å². The lowest BCUT2D eigenvalue weighted by atomic mass is 10.1. The first kappa shape index (κ1) is 27.2. The van der Waals surface area contributed by atoms with Crippen molar-refractivity contribution in [1.29, 1.82) is 0 Å². The number of anilines is 1. The molecule has 0 heterocycles. The van der Waals surface area contributed by atoms with Crippen LogP contribution in [0.1, 0.15) is 36.6 Å². The summed E-state index contributed by atoms with van der Waals surface area (Å²) in [5, 5.41) is 17.5. The number of nitrogens with zero attached hydrogens (tertiary/aromatic N) is 2. The van der Waals surface area contributed by atoms with Crippen LogP contribution in [0.25, 0.3) is 0 Å². The fourth-order valence-electron chi connectivity index (χ4n) is 3.51. The number of nitrogens with one attached hydrogen (secondary N) is 2. The van der Waals surface area contributed by atoms with E-state index in [1.807, 2.05) is 0 Å². The van der Waals surface area contributed by atoms with E-state index in [0.29, 0.717) is 16.9 Å². The van der Waals surface area contributed by atoms with Crippen LogP contribution in [0.15, 0.2) is 102 Å². The van der Waals surface area contributed by atoms with E-state index in [1.54, 1.807) is 60.7 Å². The molecule has 0 saturated carbocycles. The summed E-state index contributed by atoms with van der Waals surface area (Å²) >= 11 is 0. The highest BCUT2D eigenvalue weighted by atomic mass is 16.6. The third-order valence-electron chi connectivity index (χ3n) is 5.58. The van der Waals surface area contributed by atoms with Crippen molar-refractivity contribution >= 4 is 35.4 Å². The van der Waals surface area contributed by atoms with Gasteiger partial charge in [-0.15, -0.1) is 0 Å². The van der Waals surface area contributed by atoms with Gasteiger partial charge in [-0.1, -0.05) is 24.3 Å². The fraction of sp³-hybridized carbons (Fsp3) is 0.0345. The molecular formula is C29H22N4O7. The zero-order valence-electron chi connectivity index (χ0n) is 21.1. The van der Waals surface area contributed by atoms with E-state index < -0.39 is 22.7 Å². The van der Waals surface area contributed by atoms with Gasteiger partial charge in [0.25, 0.3) is 17.5 Å². The molecule has 0 radical (unpaired) electrons. The number of methoxy groups -OCH3 is 1. The van der Waals surface area contributed by atoms with Crippen LogP contribution in [0.3, 0.4) is 0 Å². The number of hydrazone groups is 1. The Morgan fingerprint density at radius 2 is 1.48 bits per heavy atom. The summed E-state index contributed by atoms with van der Waals surface area (Å²) in [6, 6.07) is 24.5. The van der Waals surface area contributed by atoms with Gasteiger partial charge in [0.15, 0.2) is 0 Å². The number of amides is 2. The molecule has 200 valence electrons. The highest BCUT2D eigenvalue weighted by molar-refractivity contribution is 6.09. The molecule has 0 fully saturated rings. The van der Waals surface area contributed by atoms with Crippen LogP contribution in [0.4, 0.5) is 11.4 Å². The first-order valence-corrected chi connectivity index (χ1v) is 11.8. The Balaban J connectivity index is 1.43. The van der Waals surface area contributed by atoms with Gasteiger partial charge in [-0.05, 0) is 60.7 Å². The van der Waals surface area contributed by atoms with Crippen molar-refractivity contribution < 1.29 is 28.8 Å². The quantitative estimate of drug-likeness (QED) is 0.102. The monoisotopic (exact) mass is 538 g/mol. The molecule has 2 N–H and O–H groups in total. The highest BCUT2D eigenvalue weighted by Crippen LogP contribution is 2.20. The van der Waals surface area contributed by atoms with Gasteiger partial charge in [0, 0.05) is 23.3 Å². The maximum absolute atomic E-state index is 12.9. The third kappa shape index (κ3) is 6.72. The number of benzene rings is 4. The number of ether oxygens (including phenoxy) is 2. The van der Waals surface area contributed by atoms with Gasteiger partial charge in [-0.25, -0.2) is 10.2 Å². The summed E-state index contributed by atoms with van der Waals surface area (Å²) in [7, 11) is 1.53. The number of nitro benzene ring substituents is 1. The molecule has 11 heteroatoms. The largest absolute Gasteiger partial charge is 0.497 e. The minimum absolute atomic E-state index is 0.124. The van der Waals surface area contributed by atoms with E-state index in [4.69, 9.17) is 9.47 Å². The number of non-ortho nitro benzene ring substituents is 1. The van der Waals surface area contributed by atoms with Crippen molar-refractivity contribution in [3.05, 3.63) is 129 Å². The number of rotatable bonds is 9. The zero-order chi connectivity index (χ0) is 28.5. The highest BCUT2D eigenvalue weighted by Gasteiger charge is 2.15. The normalized spacial score (nSPS) is 10.5. The maximum Gasteiger partial charge on any atom is 0.343 e. The Bertz CT molecular complexity index is 1580. The molecule has 4 aromatic carbocycles. The molecule has 0 aromatic heterocycles. The van der Waals surface area contributed by atoms with Crippen LogP contribution in [0.2, 0.25) is 0 Å². The van der Waals surface area contributed by atoms with E-state index >= 15 is 0 Å². The number of para-hydroxylation sites is 2. The lowest BCUT2D eigenvalue weighted by Crippen LogP contribution is -2.21. The number of esters is 1. The molecule has 11 nitrogen and oxygen atoms in total. The molecule has 0 aliphatic heterocycles. The Morgan fingerprint density at radius 1 is 0.825 bits per heavy atom. The maximum atomic E-state index is 12.9. The number of carbonyl (C=O) groups excluding carboxylic acids is 3. The average Bonchev–Trinajstić information content (AvgIpc) is 2.98. The van der Waals surface area contributed by atoms with Crippen molar-refractivity contribution in [2.24, 2.45) is 5.10 Å². The smallest absolute Gasteiger partial charge is 0.343 e. The van der Waals surface area contributed by atoms with Gasteiger partial charge < -0.3 is 14.8 Å². The predicted octanol–water partition coefficient (Wildman–Crippen LogP) is 4.84. The van der Waals surface area contributed by atoms with Gasteiger partial charge in [0.05, 0.1) is 35.1 Å². The minimum atomic E-state index is -0.721. The lowest BCUT2D eigenvalue weighted by Gasteiger charge is -2.10. The topological polar surface area (TPSA) is 149 Å². The molecule has 2 amide bonds. The van der Waals surface area contributed by atoms with Crippen LogP contribution in [-0.4, -0.2) is 36.0 Å². The van der Waals surface area contributed by atoms with E-state index in [0.717, 1.165) is 0 Å². The van der Waals surface area contributed by atoms with Crippen LogP contribution in [0.5, 0.6) is 11.5 Å². The van der Waals surface area contributed by atoms with Gasteiger partial charge in [0.2, 0.25) is 0 Å². The van der Waals surface area contributed by atoms with Crippen molar-refractivity contribution in [1.82, 2.24) is 5.43 Å². The summed E-state index contributed by atoms with van der Waals surface area (Å²) in [5.74, 6) is -0.938. The molecular weight excluding hydrogens is 516 g/mol. The summed E-state index contributed by atoms with van der Waals surface area (Å²) < 4.78 is 10.5. The standard InChI is InChI=1S/C29H22N4O7/c1-39-23-16-12-19(13-17-23)27(34)31-25-8-4-3-7-24(25)28(35)32-30-18-21-6-2-5-9-26(21)40-29(36)20-10-14-22(15-11-20)33(37)38/h2-18H,1H3,(H,31,34)(H,32,35)/b30-18-. The van der Waals surface area contributed by atoms with Crippen LogP contribution >= 0.6 is 0 Å². The molecule has 4 rings (SSSR count). The third-order valence-corrected chi connectivity index (χ3v) is 5.58. The number of hydrogen-bond acceptors (Lipinski definition) is 8. The molecule has 0 bridgehead atoms. The first-order valence-electron chi connectivity index (χ1n) is 11.8. The lowest BCUT2D eigenvalue weighted by molar-refractivity contribution is -0.384. The average molecular weight is 539 g/mol. The molecule has 0 unspecified atom stereocenters. The Hall–Kier alpha value is -5.84. The summed E-state index contributed by atoms with van der Waals surface area (Å²) in [5.41, 5.74) is 3.61. The fourth-order valence-corrected chi connectivity index (χ4v) is 3.51. The van der Waals surface area contributed by atoms with Gasteiger partial charge >= 0.3 is 5.97 Å². The number of carbonyl (C=O) groups is 3. The second-order valence-corrected chi connectivity index (χ2v) is 8.16. The minimum Gasteiger partial charge on any atom is -0.497 e. The summed E-state index contributed by atoms with van der Waals surface area (Å²) in [6.45, 7) is 0. The van der Waals surface area contributed by atoms with E-state index in [1.165, 1.54) is 49.7 Å². The summed E-state index contributed by atoms with van der Waals surface area (Å²) in [6.07, 6.45) is 1.30. The Labute approximate surface area is 228 Å². The second kappa shape index (κ2) is 12.6. The van der Waals surface area contributed by atoms with Crippen molar-refractivity contribution in [3.63, 3.8) is 0 Å². The predicted molar refractivity (Wildman–Crippen MR) is 147 cm³/mol. The molecule has 0 spiro atoms. The number of nitro groups is 1. The molecule has 0 saturated heterocycles. The molecule has 0 aliphatic carbocycles. The SMILES string of the molecule is COc1ccc(C(=O)Nc2ccccc2C(=O)N/N=C\c2ccccc2OC(=O)c2ccc([N+](=O)[O-])cc2)cc1. The molecule has 4 aromatic rings. The first-order chi connectivity index (χ1) is 19.4. The zero-order valence-corrected chi connectivity index (χ0v) is 21.1.